The van der Waals surface area contributed by atoms with Crippen LogP contribution in [0.4, 0.5) is 22.4 Å². The Morgan fingerprint density at radius 2 is 1.58 bits per heavy atom. The summed E-state index contributed by atoms with van der Waals surface area (Å²) in [7, 11) is 1.13. The number of ether oxygens (including phenoxy) is 3. The predicted octanol–water partition coefficient (Wildman–Crippen LogP) is 5.54. The number of Topliss-reactive ketones (excluding diaryl/α,β-unsaturated/α-hetero) is 1. The van der Waals surface area contributed by atoms with Crippen LogP contribution < -0.4 is 10.1 Å². The number of halogens is 4. The Bertz CT molecular complexity index is 1060. The van der Waals surface area contributed by atoms with E-state index in [4.69, 9.17) is 9.47 Å². The van der Waals surface area contributed by atoms with Crippen LogP contribution in [0.5, 0.6) is 5.75 Å². The van der Waals surface area contributed by atoms with E-state index in [9.17, 15) is 31.9 Å². The number of alkyl carbamates (subject to hydrolysis) is 1. The van der Waals surface area contributed by atoms with Crippen molar-refractivity contribution in [3.8, 4) is 5.75 Å². The summed E-state index contributed by atoms with van der Waals surface area (Å²) in [5.41, 5.74) is -1.34. The molecule has 0 aliphatic carbocycles. The normalized spacial score (nSPS) is 13.3. The van der Waals surface area contributed by atoms with Gasteiger partial charge in [0.2, 0.25) is 6.10 Å². The smallest absolute Gasteiger partial charge is 0.429 e. The fourth-order valence-corrected chi connectivity index (χ4v) is 3.11. The molecule has 0 fully saturated rings. The van der Waals surface area contributed by atoms with Crippen LogP contribution in [-0.4, -0.2) is 42.8 Å². The Balaban J connectivity index is 2.07. The Kier molecular flexibility index (Phi) is 9.43. The zero-order chi connectivity index (χ0) is 27.1. The summed E-state index contributed by atoms with van der Waals surface area (Å²) in [6.45, 7) is 4.93. The minimum absolute atomic E-state index is 0.105. The average molecular weight is 513 g/mol. The molecule has 2 rings (SSSR count). The highest BCUT2D eigenvalue weighted by molar-refractivity contribution is 5.96. The molecule has 0 aromatic heterocycles. The number of carbonyl (C=O) groups excluding carboxylic acids is 3. The van der Waals surface area contributed by atoms with Gasteiger partial charge in [0.05, 0.1) is 7.11 Å². The number of benzene rings is 2. The fourth-order valence-electron chi connectivity index (χ4n) is 3.11. The summed E-state index contributed by atoms with van der Waals surface area (Å²) in [6.07, 6.45) is -8.58. The lowest BCUT2D eigenvalue weighted by atomic mass is 10.0. The maximum atomic E-state index is 13.9. The van der Waals surface area contributed by atoms with Crippen LogP contribution in [0.3, 0.4) is 0 Å². The van der Waals surface area contributed by atoms with Gasteiger partial charge in [-0.1, -0.05) is 18.2 Å². The van der Waals surface area contributed by atoms with Crippen molar-refractivity contribution in [1.29, 1.82) is 0 Å². The molecule has 2 aromatic rings. The van der Waals surface area contributed by atoms with Crippen LogP contribution in [0, 0.1) is 5.82 Å². The van der Waals surface area contributed by atoms with E-state index in [1.165, 1.54) is 24.3 Å². The van der Waals surface area contributed by atoms with Crippen molar-refractivity contribution < 1.29 is 46.2 Å². The highest BCUT2D eigenvalue weighted by Gasteiger charge is 2.44. The van der Waals surface area contributed by atoms with Gasteiger partial charge in [0.15, 0.2) is 5.78 Å². The number of hydrogen-bond donors (Lipinski definition) is 1. The first-order chi connectivity index (χ1) is 16.7. The zero-order valence-corrected chi connectivity index (χ0v) is 20.1. The number of carbonyl (C=O) groups is 3. The molecule has 0 spiro atoms. The largest absolute Gasteiger partial charge is 0.476 e. The molecule has 2 unspecified atom stereocenters. The summed E-state index contributed by atoms with van der Waals surface area (Å²) in [6, 6.07) is 8.08. The van der Waals surface area contributed by atoms with E-state index in [0.717, 1.165) is 31.4 Å². The SMILES string of the molecule is COC(=O)C(CCC(=O)c1ccc(OC(c2ccccc2F)C(F)(F)F)cc1)NC(=O)OC(C)(C)C. The Morgan fingerprint density at radius 3 is 2.11 bits per heavy atom. The van der Waals surface area contributed by atoms with Crippen LogP contribution in [0.1, 0.15) is 55.6 Å². The molecular weight excluding hydrogens is 486 g/mol. The van der Waals surface area contributed by atoms with E-state index in [1.54, 1.807) is 20.8 Å². The number of hydrogen-bond acceptors (Lipinski definition) is 6. The molecule has 36 heavy (non-hydrogen) atoms. The van der Waals surface area contributed by atoms with Crippen LogP contribution in [0.25, 0.3) is 0 Å². The molecule has 0 bridgehead atoms. The monoisotopic (exact) mass is 513 g/mol. The van der Waals surface area contributed by atoms with Crippen molar-refractivity contribution in [2.45, 2.75) is 57.5 Å². The third-order valence-electron chi connectivity index (χ3n) is 4.75. The first-order valence-electron chi connectivity index (χ1n) is 10.9. The molecule has 1 N–H and O–H groups in total. The molecule has 0 heterocycles. The van der Waals surface area contributed by atoms with Crippen LogP contribution in [0.15, 0.2) is 48.5 Å². The molecule has 0 aliphatic heterocycles. The number of rotatable bonds is 9. The van der Waals surface area contributed by atoms with Crippen molar-refractivity contribution in [3.63, 3.8) is 0 Å². The van der Waals surface area contributed by atoms with Gasteiger partial charge in [-0.05, 0) is 57.5 Å². The van der Waals surface area contributed by atoms with Crippen molar-refractivity contribution in [2.24, 2.45) is 0 Å². The molecule has 196 valence electrons. The van der Waals surface area contributed by atoms with Gasteiger partial charge in [0, 0.05) is 17.5 Å². The molecule has 2 aromatic carbocycles. The molecule has 0 radical (unpaired) electrons. The van der Waals surface area contributed by atoms with Crippen LogP contribution >= 0.6 is 0 Å². The van der Waals surface area contributed by atoms with E-state index in [2.05, 4.69) is 10.1 Å². The van der Waals surface area contributed by atoms with E-state index in [1.807, 2.05) is 0 Å². The second kappa shape index (κ2) is 11.9. The lowest BCUT2D eigenvalue weighted by molar-refractivity contribution is -0.198. The van der Waals surface area contributed by atoms with Crippen LogP contribution in [0.2, 0.25) is 0 Å². The summed E-state index contributed by atoms with van der Waals surface area (Å²) >= 11 is 0. The van der Waals surface area contributed by atoms with Gasteiger partial charge in [0.25, 0.3) is 0 Å². The Morgan fingerprint density at radius 1 is 0.972 bits per heavy atom. The van der Waals surface area contributed by atoms with Crippen molar-refractivity contribution in [1.82, 2.24) is 5.32 Å². The molecule has 11 heteroatoms. The third kappa shape index (κ3) is 8.54. The third-order valence-corrected chi connectivity index (χ3v) is 4.75. The fraction of sp³-hybridized carbons (Fsp3) is 0.400. The summed E-state index contributed by atoms with van der Waals surface area (Å²) < 4.78 is 69.2. The maximum absolute atomic E-state index is 13.9. The molecule has 2 atom stereocenters. The maximum Gasteiger partial charge on any atom is 0.429 e. The van der Waals surface area contributed by atoms with Gasteiger partial charge in [0.1, 0.15) is 23.2 Å². The summed E-state index contributed by atoms with van der Waals surface area (Å²) in [5.74, 6) is -2.51. The molecule has 0 aliphatic rings. The highest BCUT2D eigenvalue weighted by Crippen LogP contribution is 2.37. The van der Waals surface area contributed by atoms with Gasteiger partial charge in [-0.3, -0.25) is 4.79 Å². The van der Waals surface area contributed by atoms with E-state index in [0.29, 0.717) is 0 Å². The topological polar surface area (TPSA) is 90.9 Å². The second-order valence-electron chi connectivity index (χ2n) is 8.77. The molecule has 7 nitrogen and oxygen atoms in total. The Hall–Kier alpha value is -3.63. The van der Waals surface area contributed by atoms with E-state index < -0.39 is 53.1 Å². The number of nitrogens with one attached hydrogen (secondary N) is 1. The van der Waals surface area contributed by atoms with E-state index >= 15 is 0 Å². The van der Waals surface area contributed by atoms with Crippen molar-refractivity contribution >= 4 is 17.8 Å². The van der Waals surface area contributed by atoms with Gasteiger partial charge < -0.3 is 19.5 Å². The summed E-state index contributed by atoms with van der Waals surface area (Å²) in [5, 5.41) is 2.35. The number of amides is 1. The molecule has 1 amide bonds. The van der Waals surface area contributed by atoms with E-state index in [-0.39, 0.29) is 24.2 Å². The first-order valence-corrected chi connectivity index (χ1v) is 10.9. The Labute approximate surface area is 205 Å². The lowest BCUT2D eigenvalue weighted by Gasteiger charge is -2.23. The van der Waals surface area contributed by atoms with Gasteiger partial charge in [-0.2, -0.15) is 13.2 Å². The zero-order valence-electron chi connectivity index (χ0n) is 20.1. The minimum atomic E-state index is -4.89. The second-order valence-corrected chi connectivity index (χ2v) is 8.77. The first kappa shape index (κ1) is 28.6. The van der Waals surface area contributed by atoms with Gasteiger partial charge in [-0.15, -0.1) is 0 Å². The molecular formula is C25H27F4NO6. The highest BCUT2D eigenvalue weighted by atomic mass is 19.4. The van der Waals surface area contributed by atoms with Crippen molar-refractivity contribution in [2.75, 3.05) is 7.11 Å². The minimum Gasteiger partial charge on any atom is -0.476 e. The molecule has 0 saturated heterocycles. The summed E-state index contributed by atoms with van der Waals surface area (Å²) in [4.78, 5) is 36.5. The van der Waals surface area contributed by atoms with Gasteiger partial charge in [-0.25, -0.2) is 14.0 Å². The number of alkyl halides is 3. The number of methoxy groups -OCH3 is 1. The average Bonchev–Trinajstić information content (AvgIpc) is 2.78. The van der Waals surface area contributed by atoms with Crippen LogP contribution in [-0.2, 0) is 14.3 Å². The standard InChI is InChI=1S/C25H27F4NO6/c1-24(2,3)36-23(33)30-19(22(32)34-4)13-14-20(31)15-9-11-16(12-10-15)35-21(25(27,28)29)17-7-5-6-8-18(17)26/h5-12,19,21H,13-14H2,1-4H3,(H,30,33). The predicted molar refractivity (Wildman–Crippen MR) is 121 cm³/mol. The number of esters is 1. The lowest BCUT2D eigenvalue weighted by Crippen LogP contribution is -2.44. The van der Waals surface area contributed by atoms with Crippen molar-refractivity contribution in [3.05, 3.63) is 65.5 Å². The van der Waals surface area contributed by atoms with Gasteiger partial charge >= 0.3 is 18.2 Å². The number of ketones is 1. The molecule has 0 saturated carbocycles. The quantitative estimate of drug-likeness (QED) is 0.269.